The molecule has 1 aliphatic carbocycles. The van der Waals surface area contributed by atoms with E-state index < -0.39 is 11.9 Å². The smallest absolute Gasteiger partial charge is 0.352 e. The molecule has 0 saturated heterocycles. The molecule has 2 aromatic rings. The van der Waals surface area contributed by atoms with Crippen molar-refractivity contribution in [2.75, 3.05) is 6.54 Å². The highest BCUT2D eigenvalue weighted by atomic mass is 19.4. The van der Waals surface area contributed by atoms with Gasteiger partial charge in [0.2, 0.25) is 0 Å². The Labute approximate surface area is 144 Å². The number of aromatic nitrogens is 2. The molecule has 25 heavy (non-hydrogen) atoms. The second-order valence-corrected chi connectivity index (χ2v) is 6.37. The minimum Gasteiger partial charge on any atom is -0.352 e. The van der Waals surface area contributed by atoms with Gasteiger partial charge in [0.25, 0.3) is 5.91 Å². The van der Waals surface area contributed by atoms with Crippen LogP contribution in [0.25, 0.3) is 0 Å². The molecule has 4 nitrogen and oxygen atoms in total. The SMILES string of the molecule is Cc1ccccc1C(=O)NCCCn1nc(C(F)(F)F)cc1C1CC1. The maximum absolute atomic E-state index is 12.9. The lowest BCUT2D eigenvalue weighted by molar-refractivity contribution is -0.141. The van der Waals surface area contributed by atoms with Gasteiger partial charge < -0.3 is 5.32 Å². The highest BCUT2D eigenvalue weighted by Gasteiger charge is 2.37. The fourth-order valence-electron chi connectivity index (χ4n) is 2.81. The topological polar surface area (TPSA) is 46.9 Å². The maximum Gasteiger partial charge on any atom is 0.435 e. The first-order chi connectivity index (χ1) is 11.9. The molecule has 0 unspecified atom stereocenters. The Morgan fingerprint density at radius 2 is 2.04 bits per heavy atom. The van der Waals surface area contributed by atoms with E-state index in [-0.39, 0.29) is 11.8 Å². The molecule has 0 atom stereocenters. The van der Waals surface area contributed by atoms with Gasteiger partial charge in [-0.1, -0.05) is 18.2 Å². The highest BCUT2D eigenvalue weighted by molar-refractivity contribution is 5.95. The molecule has 1 heterocycles. The van der Waals surface area contributed by atoms with Crippen molar-refractivity contribution < 1.29 is 18.0 Å². The summed E-state index contributed by atoms with van der Waals surface area (Å²) in [6, 6.07) is 8.43. The Hall–Kier alpha value is -2.31. The number of carbonyl (C=O) groups is 1. The van der Waals surface area contributed by atoms with E-state index in [4.69, 9.17) is 0 Å². The Morgan fingerprint density at radius 1 is 1.32 bits per heavy atom. The molecular weight excluding hydrogens is 331 g/mol. The fraction of sp³-hybridized carbons (Fsp3) is 0.444. The number of amides is 1. The monoisotopic (exact) mass is 351 g/mol. The van der Waals surface area contributed by atoms with E-state index in [1.165, 1.54) is 4.68 Å². The molecule has 3 rings (SSSR count). The minimum absolute atomic E-state index is 0.169. The van der Waals surface area contributed by atoms with Crippen molar-refractivity contribution in [3.05, 3.63) is 52.8 Å². The lowest BCUT2D eigenvalue weighted by Crippen LogP contribution is -2.26. The predicted molar refractivity (Wildman–Crippen MR) is 87.3 cm³/mol. The molecule has 1 amide bonds. The van der Waals surface area contributed by atoms with Crippen molar-refractivity contribution in [2.45, 2.75) is 44.8 Å². The molecule has 1 aromatic carbocycles. The summed E-state index contributed by atoms with van der Waals surface area (Å²) in [6.45, 7) is 2.60. The predicted octanol–water partition coefficient (Wildman–Crippen LogP) is 3.91. The van der Waals surface area contributed by atoms with Crippen LogP contribution in [0.4, 0.5) is 13.2 Å². The van der Waals surface area contributed by atoms with Gasteiger partial charge in [0, 0.05) is 30.3 Å². The highest BCUT2D eigenvalue weighted by Crippen LogP contribution is 2.42. The molecule has 1 N–H and O–H groups in total. The Morgan fingerprint density at radius 3 is 2.68 bits per heavy atom. The number of halogens is 3. The van der Waals surface area contributed by atoms with Crippen molar-refractivity contribution >= 4 is 5.91 Å². The van der Waals surface area contributed by atoms with Crippen LogP contribution in [0.2, 0.25) is 0 Å². The average molecular weight is 351 g/mol. The normalized spacial score (nSPS) is 14.6. The van der Waals surface area contributed by atoms with E-state index in [9.17, 15) is 18.0 Å². The van der Waals surface area contributed by atoms with Gasteiger partial charge in [0.05, 0.1) is 0 Å². The van der Waals surface area contributed by atoms with E-state index in [1.807, 2.05) is 19.1 Å². The van der Waals surface area contributed by atoms with E-state index in [1.54, 1.807) is 12.1 Å². The molecule has 0 spiro atoms. The van der Waals surface area contributed by atoms with E-state index >= 15 is 0 Å². The van der Waals surface area contributed by atoms with Crippen LogP contribution in [0.1, 0.15) is 52.5 Å². The van der Waals surface area contributed by atoms with Crippen molar-refractivity contribution in [1.29, 1.82) is 0 Å². The number of nitrogens with zero attached hydrogens (tertiary/aromatic N) is 2. The van der Waals surface area contributed by atoms with Gasteiger partial charge in [-0.3, -0.25) is 9.48 Å². The molecular formula is C18H20F3N3O. The van der Waals surface area contributed by atoms with Crippen LogP contribution in [0, 0.1) is 6.92 Å². The van der Waals surface area contributed by atoms with Crippen molar-refractivity contribution in [1.82, 2.24) is 15.1 Å². The lowest BCUT2D eigenvalue weighted by Gasteiger charge is -2.09. The standard InChI is InChI=1S/C18H20F3N3O/c1-12-5-2-3-6-14(12)17(25)22-9-4-10-24-15(13-7-8-13)11-16(23-24)18(19,20)21/h2-3,5-6,11,13H,4,7-10H2,1H3,(H,22,25). The zero-order valence-corrected chi connectivity index (χ0v) is 13.9. The molecule has 1 aliphatic rings. The molecule has 134 valence electrons. The van der Waals surface area contributed by atoms with Gasteiger partial charge in [-0.15, -0.1) is 0 Å². The van der Waals surface area contributed by atoms with Crippen molar-refractivity contribution in [2.24, 2.45) is 0 Å². The van der Waals surface area contributed by atoms with Crippen molar-refractivity contribution in [3.8, 4) is 0 Å². The average Bonchev–Trinajstić information content (AvgIpc) is 3.30. The Balaban J connectivity index is 1.56. The summed E-state index contributed by atoms with van der Waals surface area (Å²) in [7, 11) is 0. The third-order valence-electron chi connectivity index (χ3n) is 4.32. The molecule has 7 heteroatoms. The summed E-state index contributed by atoms with van der Waals surface area (Å²) in [5.74, 6) is 0.0159. The summed E-state index contributed by atoms with van der Waals surface area (Å²) < 4.78 is 40.0. The van der Waals surface area contributed by atoms with Gasteiger partial charge in [-0.25, -0.2) is 0 Å². The van der Waals surface area contributed by atoms with Crippen LogP contribution in [0.15, 0.2) is 30.3 Å². The summed E-state index contributed by atoms with van der Waals surface area (Å²) in [5.41, 5.74) is 1.31. The van der Waals surface area contributed by atoms with Crippen LogP contribution in [0.5, 0.6) is 0 Å². The van der Waals surface area contributed by atoms with Crippen LogP contribution < -0.4 is 5.32 Å². The quantitative estimate of drug-likeness (QED) is 0.802. The Bertz CT molecular complexity index is 763. The second kappa shape index (κ2) is 6.90. The number of alkyl halides is 3. The summed E-state index contributed by atoms with van der Waals surface area (Å²) in [5, 5.41) is 6.52. The fourth-order valence-corrected chi connectivity index (χ4v) is 2.81. The Kier molecular flexibility index (Phi) is 4.83. The van der Waals surface area contributed by atoms with Crippen LogP contribution >= 0.6 is 0 Å². The largest absolute Gasteiger partial charge is 0.435 e. The lowest BCUT2D eigenvalue weighted by atomic mass is 10.1. The first kappa shape index (κ1) is 17.5. The van der Waals surface area contributed by atoms with Crippen LogP contribution in [-0.2, 0) is 12.7 Å². The van der Waals surface area contributed by atoms with Crippen LogP contribution in [-0.4, -0.2) is 22.2 Å². The van der Waals surface area contributed by atoms with Gasteiger partial charge in [-0.2, -0.15) is 18.3 Å². The van der Waals surface area contributed by atoms with Gasteiger partial charge >= 0.3 is 6.18 Å². The third-order valence-corrected chi connectivity index (χ3v) is 4.32. The second-order valence-electron chi connectivity index (χ2n) is 6.37. The first-order valence-corrected chi connectivity index (χ1v) is 8.35. The summed E-state index contributed by atoms with van der Waals surface area (Å²) in [4.78, 5) is 12.1. The third kappa shape index (κ3) is 4.21. The number of aryl methyl sites for hydroxylation is 2. The number of carbonyl (C=O) groups excluding carboxylic acids is 1. The molecule has 1 aromatic heterocycles. The minimum atomic E-state index is -4.42. The van der Waals surface area contributed by atoms with E-state index in [0.29, 0.717) is 30.8 Å². The summed E-state index contributed by atoms with van der Waals surface area (Å²) in [6.07, 6.45) is -2.08. The number of benzene rings is 1. The number of nitrogens with one attached hydrogen (secondary N) is 1. The maximum atomic E-state index is 12.9. The van der Waals surface area contributed by atoms with E-state index in [2.05, 4.69) is 10.4 Å². The zero-order chi connectivity index (χ0) is 18.0. The molecule has 1 fully saturated rings. The number of hydrogen-bond donors (Lipinski definition) is 1. The number of rotatable bonds is 6. The van der Waals surface area contributed by atoms with Crippen LogP contribution in [0.3, 0.4) is 0 Å². The van der Waals surface area contributed by atoms with Gasteiger partial charge in [-0.05, 0) is 43.9 Å². The molecule has 0 radical (unpaired) electrons. The van der Waals surface area contributed by atoms with Gasteiger partial charge in [0.15, 0.2) is 5.69 Å². The zero-order valence-electron chi connectivity index (χ0n) is 13.9. The first-order valence-electron chi connectivity index (χ1n) is 8.35. The molecule has 0 bridgehead atoms. The number of hydrogen-bond acceptors (Lipinski definition) is 2. The van der Waals surface area contributed by atoms with Crippen molar-refractivity contribution in [3.63, 3.8) is 0 Å². The summed E-state index contributed by atoms with van der Waals surface area (Å²) >= 11 is 0. The molecule has 0 aliphatic heterocycles. The van der Waals surface area contributed by atoms with E-state index in [0.717, 1.165) is 24.5 Å². The van der Waals surface area contributed by atoms with Gasteiger partial charge in [0.1, 0.15) is 0 Å². The molecule has 1 saturated carbocycles.